The van der Waals surface area contributed by atoms with Gasteiger partial charge in [-0.3, -0.25) is 4.79 Å². The fraction of sp³-hybridized carbons (Fsp3) is 0.385. The third kappa shape index (κ3) is 3.24. The number of rotatable bonds is 4. The van der Waals surface area contributed by atoms with Crippen molar-refractivity contribution in [2.75, 3.05) is 11.9 Å². The van der Waals surface area contributed by atoms with E-state index >= 15 is 0 Å². The van der Waals surface area contributed by atoms with Gasteiger partial charge in [0.2, 0.25) is 0 Å². The van der Waals surface area contributed by atoms with Crippen LogP contribution in [0.1, 0.15) is 19.3 Å². The van der Waals surface area contributed by atoms with Gasteiger partial charge in [-0.25, -0.2) is 4.79 Å². The molecule has 1 aliphatic rings. The van der Waals surface area contributed by atoms with E-state index in [1.165, 1.54) is 0 Å². The van der Waals surface area contributed by atoms with Crippen LogP contribution in [0, 0.1) is 5.41 Å². The first-order chi connectivity index (χ1) is 9.43. The average molecular weight is 362 g/mol. The van der Waals surface area contributed by atoms with Crippen molar-refractivity contribution >= 4 is 45.2 Å². The number of carbonyl (C=O) groups excluding carboxylic acids is 1. The first-order valence-corrected chi connectivity index (χ1v) is 7.33. The van der Waals surface area contributed by atoms with Crippen molar-refractivity contribution in [1.82, 2.24) is 5.32 Å². The van der Waals surface area contributed by atoms with Gasteiger partial charge in [0, 0.05) is 11.0 Å². The van der Waals surface area contributed by atoms with Crippen molar-refractivity contribution in [1.29, 1.82) is 0 Å². The minimum Gasteiger partial charge on any atom is -0.481 e. The molecule has 20 heavy (non-hydrogen) atoms. The zero-order chi connectivity index (χ0) is 14.8. The fourth-order valence-electron chi connectivity index (χ4n) is 2.08. The van der Waals surface area contributed by atoms with Crippen LogP contribution in [0.4, 0.5) is 10.5 Å². The molecule has 0 saturated heterocycles. The number of carboxylic acids is 1. The highest BCUT2D eigenvalue weighted by molar-refractivity contribution is 9.10. The van der Waals surface area contributed by atoms with E-state index in [0.717, 1.165) is 10.9 Å². The first-order valence-electron chi connectivity index (χ1n) is 6.16. The lowest BCUT2D eigenvalue weighted by Gasteiger charge is -2.37. The van der Waals surface area contributed by atoms with Crippen LogP contribution in [0.25, 0.3) is 0 Å². The Hall–Kier alpha value is -1.27. The fourth-order valence-corrected chi connectivity index (χ4v) is 2.80. The summed E-state index contributed by atoms with van der Waals surface area (Å²) in [6.45, 7) is 0.127. The molecule has 1 aromatic carbocycles. The standard InChI is InChI=1S/C13H14BrClN2O3/c14-8-2-3-10(9(15)6-8)17-12(20)16-7-13(11(18)19)4-1-5-13/h2-3,6H,1,4-5,7H2,(H,18,19)(H2,16,17,20). The second-order valence-corrected chi connectivity index (χ2v) is 6.19. The van der Waals surface area contributed by atoms with Gasteiger partial charge in [0.15, 0.2) is 0 Å². The summed E-state index contributed by atoms with van der Waals surface area (Å²) in [6.07, 6.45) is 2.08. The number of carbonyl (C=O) groups is 2. The molecule has 0 aliphatic heterocycles. The van der Waals surface area contributed by atoms with Gasteiger partial charge >= 0.3 is 12.0 Å². The molecule has 1 aliphatic carbocycles. The Bertz CT molecular complexity index is 546. The van der Waals surface area contributed by atoms with Gasteiger partial charge in [-0.05, 0) is 31.0 Å². The van der Waals surface area contributed by atoms with E-state index in [-0.39, 0.29) is 6.54 Å². The third-order valence-corrected chi connectivity index (χ3v) is 4.34. The molecular weight excluding hydrogens is 348 g/mol. The molecule has 1 fully saturated rings. The highest BCUT2D eigenvalue weighted by Crippen LogP contribution is 2.40. The van der Waals surface area contributed by atoms with Crippen LogP contribution < -0.4 is 10.6 Å². The molecule has 0 heterocycles. The topological polar surface area (TPSA) is 78.4 Å². The van der Waals surface area contributed by atoms with Gasteiger partial charge in [-0.15, -0.1) is 0 Å². The quantitative estimate of drug-likeness (QED) is 0.768. The smallest absolute Gasteiger partial charge is 0.319 e. The third-order valence-electron chi connectivity index (χ3n) is 3.53. The van der Waals surface area contributed by atoms with E-state index in [1.807, 2.05) is 0 Å². The van der Waals surface area contributed by atoms with Crippen LogP contribution in [0.5, 0.6) is 0 Å². The Morgan fingerprint density at radius 2 is 2.10 bits per heavy atom. The lowest BCUT2D eigenvalue weighted by molar-refractivity contribution is -0.153. The molecule has 1 aromatic rings. The van der Waals surface area contributed by atoms with Crippen molar-refractivity contribution in [3.05, 3.63) is 27.7 Å². The van der Waals surface area contributed by atoms with Crippen molar-refractivity contribution in [3.63, 3.8) is 0 Å². The maximum absolute atomic E-state index is 11.8. The van der Waals surface area contributed by atoms with Crippen LogP contribution in [0.2, 0.25) is 5.02 Å². The second-order valence-electron chi connectivity index (χ2n) is 4.87. The van der Waals surface area contributed by atoms with Gasteiger partial charge in [0.25, 0.3) is 0 Å². The Kier molecular flexibility index (Phi) is 4.55. The lowest BCUT2D eigenvalue weighted by atomic mass is 9.69. The first kappa shape index (κ1) is 15.1. The lowest BCUT2D eigenvalue weighted by Crippen LogP contribution is -2.48. The number of urea groups is 1. The minimum absolute atomic E-state index is 0.127. The molecule has 0 atom stereocenters. The van der Waals surface area contributed by atoms with Crippen LogP contribution in [0.15, 0.2) is 22.7 Å². The maximum Gasteiger partial charge on any atom is 0.319 e. The summed E-state index contributed by atoms with van der Waals surface area (Å²) >= 11 is 9.26. The normalized spacial score (nSPS) is 16.1. The van der Waals surface area contributed by atoms with E-state index in [0.29, 0.717) is 23.6 Å². The summed E-state index contributed by atoms with van der Waals surface area (Å²) in [6, 6.07) is 4.64. The number of aliphatic carboxylic acids is 1. The molecule has 2 rings (SSSR count). The van der Waals surface area contributed by atoms with E-state index in [1.54, 1.807) is 18.2 Å². The minimum atomic E-state index is -0.856. The molecule has 0 bridgehead atoms. The summed E-state index contributed by atoms with van der Waals surface area (Å²) in [5.74, 6) is -0.856. The van der Waals surface area contributed by atoms with Crippen LogP contribution in [-0.2, 0) is 4.79 Å². The number of hydrogen-bond donors (Lipinski definition) is 3. The second kappa shape index (κ2) is 6.01. The molecule has 1 saturated carbocycles. The highest BCUT2D eigenvalue weighted by atomic mass is 79.9. The van der Waals surface area contributed by atoms with E-state index in [9.17, 15) is 9.59 Å². The molecule has 7 heteroatoms. The van der Waals surface area contributed by atoms with Gasteiger partial charge in [0.05, 0.1) is 16.1 Å². The number of halogens is 2. The van der Waals surface area contributed by atoms with Crippen molar-refractivity contribution in [2.45, 2.75) is 19.3 Å². The summed E-state index contributed by atoms with van der Waals surface area (Å²) in [5.41, 5.74) is -0.328. The van der Waals surface area contributed by atoms with Crippen molar-refractivity contribution in [3.8, 4) is 0 Å². The summed E-state index contributed by atoms with van der Waals surface area (Å²) < 4.78 is 0.813. The number of hydrogen-bond acceptors (Lipinski definition) is 2. The number of amides is 2. The molecule has 2 amide bonds. The number of carboxylic acid groups (broad SMARTS) is 1. The molecule has 5 nitrogen and oxygen atoms in total. The van der Waals surface area contributed by atoms with Gasteiger partial charge < -0.3 is 15.7 Å². The monoisotopic (exact) mass is 360 g/mol. The van der Waals surface area contributed by atoms with E-state index in [4.69, 9.17) is 16.7 Å². The Labute approximate surface area is 129 Å². The number of benzene rings is 1. The van der Waals surface area contributed by atoms with Crippen molar-refractivity contribution in [2.24, 2.45) is 5.41 Å². The SMILES string of the molecule is O=C(NCC1(C(=O)O)CCC1)Nc1ccc(Br)cc1Cl. The molecule has 108 valence electrons. The van der Waals surface area contributed by atoms with E-state index in [2.05, 4.69) is 26.6 Å². The molecule has 0 unspecified atom stereocenters. The largest absolute Gasteiger partial charge is 0.481 e. The summed E-state index contributed by atoms with van der Waals surface area (Å²) in [4.78, 5) is 22.9. The van der Waals surface area contributed by atoms with Crippen LogP contribution in [-0.4, -0.2) is 23.7 Å². The van der Waals surface area contributed by atoms with E-state index < -0.39 is 17.4 Å². The summed E-state index contributed by atoms with van der Waals surface area (Å²) in [7, 11) is 0. The molecule has 0 radical (unpaired) electrons. The predicted octanol–water partition coefficient (Wildman–Crippen LogP) is 3.48. The molecular formula is C13H14BrClN2O3. The van der Waals surface area contributed by atoms with Crippen LogP contribution >= 0.6 is 27.5 Å². The van der Waals surface area contributed by atoms with Gasteiger partial charge in [-0.2, -0.15) is 0 Å². The predicted molar refractivity (Wildman–Crippen MR) is 80.1 cm³/mol. The number of nitrogens with one attached hydrogen (secondary N) is 2. The zero-order valence-corrected chi connectivity index (χ0v) is 12.9. The maximum atomic E-state index is 11.8. The molecule has 0 spiro atoms. The summed E-state index contributed by atoms with van der Waals surface area (Å²) in [5, 5.41) is 14.8. The Morgan fingerprint density at radius 3 is 2.60 bits per heavy atom. The zero-order valence-electron chi connectivity index (χ0n) is 10.6. The van der Waals surface area contributed by atoms with Crippen molar-refractivity contribution < 1.29 is 14.7 Å². The highest BCUT2D eigenvalue weighted by Gasteiger charge is 2.44. The molecule has 3 N–H and O–H groups in total. The Balaban J connectivity index is 1.91. The molecule has 0 aromatic heterocycles. The van der Waals surface area contributed by atoms with Gasteiger partial charge in [0.1, 0.15) is 0 Å². The van der Waals surface area contributed by atoms with Crippen LogP contribution in [0.3, 0.4) is 0 Å². The Morgan fingerprint density at radius 1 is 1.40 bits per heavy atom. The average Bonchev–Trinajstić information content (AvgIpc) is 2.31. The van der Waals surface area contributed by atoms with Gasteiger partial charge in [-0.1, -0.05) is 34.0 Å². The number of anilines is 1.